The van der Waals surface area contributed by atoms with Gasteiger partial charge in [-0.25, -0.2) is 4.98 Å². The molecule has 52 heavy (non-hydrogen) atoms. The number of nitrogens with zero attached hydrogens (tertiary/aromatic N) is 4. The molecule has 5 nitrogen and oxygen atoms in total. The molecule has 0 radical (unpaired) electrons. The van der Waals surface area contributed by atoms with Crippen LogP contribution in [-0.4, -0.2) is 19.3 Å². The minimum Gasteiger partial charge on any atom is -0.509 e. The fourth-order valence-electron chi connectivity index (χ4n) is 7.28. The van der Waals surface area contributed by atoms with Crippen LogP contribution in [0, 0.1) is 51.7 Å². The van der Waals surface area contributed by atoms with Gasteiger partial charge in [-0.2, -0.15) is 17.2 Å². The Bertz CT molecular complexity index is 2330. The molecular formula is C46H48N4OPt. The number of hydrogen-bond donors (Lipinski definition) is 0. The fourth-order valence-corrected chi connectivity index (χ4v) is 7.28. The molecule has 3 heterocycles. The van der Waals surface area contributed by atoms with Crippen molar-refractivity contribution in [3.8, 4) is 34.1 Å². The monoisotopic (exact) mass is 867 g/mol. The largest absolute Gasteiger partial charge is 2.00 e. The Labute approximate surface area is 323 Å². The summed E-state index contributed by atoms with van der Waals surface area (Å²) in [5, 5.41) is 7.16. The molecule has 0 aliphatic carbocycles. The van der Waals surface area contributed by atoms with E-state index in [0.29, 0.717) is 23.3 Å². The topological polar surface area (TPSA) is 44.9 Å². The third kappa shape index (κ3) is 7.13. The summed E-state index contributed by atoms with van der Waals surface area (Å²) in [6.45, 7) is 18.3. The van der Waals surface area contributed by atoms with Crippen LogP contribution in [0.1, 0.15) is 73.9 Å². The van der Waals surface area contributed by atoms with Crippen molar-refractivity contribution in [1.29, 1.82) is 0 Å². The molecule has 0 amide bonds. The van der Waals surface area contributed by atoms with Crippen molar-refractivity contribution in [2.45, 2.75) is 81.1 Å². The molecule has 0 bridgehead atoms. The second-order valence-corrected chi connectivity index (χ2v) is 14.4. The van der Waals surface area contributed by atoms with E-state index in [9.17, 15) is 0 Å². The fraction of sp³-hybridized carbons (Fsp3) is 0.304. The standard InChI is InChI=1S/C46H48N4O.Pt/c1-9-29(3)22-41-33(7)32(6)34(8)42(23-30(4)10-2)46(41)35-27-48-49(28-35)36-14-13-15-37(25-36)51-38-18-19-40-39-16-11-12-17-43(39)50(44(40)26-38)45-24-31(5)20-21-47-45;/h11-21,24,27-30H,9-10,22-23H2,1-8H3;/q-2;+2. The van der Waals surface area contributed by atoms with Crippen molar-refractivity contribution in [2.24, 2.45) is 11.8 Å². The smallest absolute Gasteiger partial charge is 0.509 e. The van der Waals surface area contributed by atoms with E-state index in [-0.39, 0.29) is 21.1 Å². The quantitative estimate of drug-likeness (QED) is 0.122. The molecule has 2 atom stereocenters. The molecule has 0 aliphatic heterocycles. The van der Waals surface area contributed by atoms with Crippen LogP contribution in [0.15, 0.2) is 85.3 Å². The second-order valence-electron chi connectivity index (χ2n) is 14.4. The molecule has 0 fully saturated rings. The third-order valence-corrected chi connectivity index (χ3v) is 10.9. The van der Waals surface area contributed by atoms with E-state index in [4.69, 9.17) is 14.8 Å². The molecule has 0 saturated heterocycles. The van der Waals surface area contributed by atoms with Crippen molar-refractivity contribution >= 4 is 21.8 Å². The zero-order chi connectivity index (χ0) is 35.8. The van der Waals surface area contributed by atoms with Gasteiger partial charge in [0.05, 0.1) is 6.20 Å². The van der Waals surface area contributed by atoms with Crippen LogP contribution in [0.2, 0.25) is 0 Å². The van der Waals surface area contributed by atoms with Crippen LogP contribution >= 0.6 is 0 Å². The molecule has 0 saturated carbocycles. The predicted molar refractivity (Wildman–Crippen MR) is 211 cm³/mol. The normalized spacial score (nSPS) is 12.6. The van der Waals surface area contributed by atoms with Gasteiger partial charge in [-0.05, 0) is 121 Å². The van der Waals surface area contributed by atoms with E-state index in [1.54, 1.807) is 0 Å². The molecule has 0 spiro atoms. The summed E-state index contributed by atoms with van der Waals surface area (Å²) in [5.74, 6) is 3.28. The van der Waals surface area contributed by atoms with Gasteiger partial charge in [-0.15, -0.1) is 35.7 Å². The van der Waals surface area contributed by atoms with Crippen molar-refractivity contribution in [3.63, 3.8) is 0 Å². The first-order chi connectivity index (χ1) is 24.7. The number of aromatic nitrogens is 4. The maximum absolute atomic E-state index is 6.46. The summed E-state index contributed by atoms with van der Waals surface area (Å²) in [6.07, 6.45) is 10.5. The third-order valence-electron chi connectivity index (χ3n) is 10.9. The number of ether oxygens (including phenoxy) is 1. The summed E-state index contributed by atoms with van der Waals surface area (Å²) in [4.78, 5) is 4.71. The van der Waals surface area contributed by atoms with Gasteiger partial charge < -0.3 is 9.30 Å². The molecule has 0 aliphatic rings. The van der Waals surface area contributed by atoms with Gasteiger partial charge >= 0.3 is 21.1 Å². The van der Waals surface area contributed by atoms with E-state index in [0.717, 1.165) is 70.1 Å². The Balaban J connectivity index is 0.00000464. The average Bonchev–Trinajstić information content (AvgIpc) is 3.76. The molecule has 4 aromatic carbocycles. The van der Waals surface area contributed by atoms with E-state index in [1.807, 2.05) is 47.4 Å². The minimum atomic E-state index is 0. The van der Waals surface area contributed by atoms with Crippen molar-refractivity contribution in [2.75, 3.05) is 0 Å². The Kier molecular flexibility index (Phi) is 11.2. The van der Waals surface area contributed by atoms with Crippen LogP contribution in [0.25, 0.3) is 44.4 Å². The molecule has 0 N–H and O–H groups in total. The van der Waals surface area contributed by atoms with Crippen LogP contribution in [-0.2, 0) is 33.9 Å². The first-order valence-corrected chi connectivity index (χ1v) is 18.4. The molecule has 2 unspecified atom stereocenters. The van der Waals surface area contributed by atoms with Crippen LogP contribution in [0.4, 0.5) is 0 Å². The number of hydrogen-bond acceptors (Lipinski definition) is 3. The van der Waals surface area contributed by atoms with E-state index >= 15 is 0 Å². The Hall–Kier alpha value is -4.47. The van der Waals surface area contributed by atoms with Crippen molar-refractivity contribution in [3.05, 3.63) is 131 Å². The number of para-hydroxylation sites is 1. The van der Waals surface area contributed by atoms with Crippen molar-refractivity contribution in [1.82, 2.24) is 19.3 Å². The summed E-state index contributed by atoms with van der Waals surface area (Å²) >= 11 is 0. The maximum atomic E-state index is 6.46. The predicted octanol–water partition coefficient (Wildman–Crippen LogP) is 11.8. The first kappa shape index (κ1) is 37.3. The molecule has 7 aromatic rings. The number of pyridine rings is 1. The molecule has 6 heteroatoms. The van der Waals surface area contributed by atoms with Gasteiger partial charge in [-0.3, -0.25) is 4.68 Å². The zero-order valence-electron chi connectivity index (χ0n) is 31.6. The Morgan fingerprint density at radius 2 is 1.44 bits per heavy atom. The Morgan fingerprint density at radius 3 is 2.13 bits per heavy atom. The van der Waals surface area contributed by atoms with Crippen LogP contribution in [0.5, 0.6) is 11.5 Å². The van der Waals surface area contributed by atoms with Crippen LogP contribution < -0.4 is 4.74 Å². The number of aryl methyl sites for hydroxylation is 1. The zero-order valence-corrected chi connectivity index (χ0v) is 33.9. The number of benzene rings is 4. The van der Waals surface area contributed by atoms with Gasteiger partial charge in [0.1, 0.15) is 5.82 Å². The minimum absolute atomic E-state index is 0. The van der Waals surface area contributed by atoms with Gasteiger partial charge in [0.25, 0.3) is 0 Å². The Morgan fingerprint density at radius 1 is 0.750 bits per heavy atom. The number of rotatable bonds is 11. The summed E-state index contributed by atoms with van der Waals surface area (Å²) in [7, 11) is 0. The van der Waals surface area contributed by atoms with Gasteiger partial charge in [0.15, 0.2) is 0 Å². The summed E-state index contributed by atoms with van der Waals surface area (Å²) in [5.41, 5.74) is 13.7. The molecule has 3 aromatic heterocycles. The summed E-state index contributed by atoms with van der Waals surface area (Å²) < 4.78 is 10.6. The SMILES string of the molecule is CCC(C)Cc1c(C)c(C)c(C)c(CC(C)CC)c1-c1cnn(-c2[c-]c(Oc3[c-]c4c(cc3)c3ccccc3n4-c3cc(C)ccn3)ccc2)c1.[Pt+2]. The molecule has 7 rings (SSSR count). The molecular weight excluding hydrogens is 820 g/mol. The van der Waals surface area contributed by atoms with E-state index in [1.165, 1.54) is 33.4 Å². The average molecular weight is 868 g/mol. The number of fused-ring (bicyclic) bond motifs is 3. The van der Waals surface area contributed by atoms with Crippen molar-refractivity contribution < 1.29 is 25.8 Å². The molecule has 268 valence electrons. The second kappa shape index (κ2) is 15.6. The maximum Gasteiger partial charge on any atom is 2.00 e. The first-order valence-electron chi connectivity index (χ1n) is 18.4. The van der Waals surface area contributed by atoms with Crippen LogP contribution in [0.3, 0.4) is 0 Å². The van der Waals surface area contributed by atoms with Gasteiger partial charge in [-0.1, -0.05) is 64.3 Å². The van der Waals surface area contributed by atoms with Gasteiger partial charge in [0.2, 0.25) is 0 Å². The van der Waals surface area contributed by atoms with Gasteiger partial charge in [0, 0.05) is 35.0 Å². The summed E-state index contributed by atoms with van der Waals surface area (Å²) in [6, 6.07) is 29.6. The van der Waals surface area contributed by atoms with E-state index in [2.05, 4.69) is 115 Å². The van der Waals surface area contributed by atoms with E-state index < -0.39 is 0 Å².